The highest BCUT2D eigenvalue weighted by molar-refractivity contribution is 9.10. The normalized spacial score (nSPS) is 12.3. The topological polar surface area (TPSA) is 12.0 Å². The Hall–Kier alpha value is -1.28. The molecule has 0 aromatic heterocycles. The van der Waals surface area contributed by atoms with Crippen LogP contribution in [0.25, 0.3) is 0 Å². The molecule has 1 unspecified atom stereocenters. The van der Waals surface area contributed by atoms with Gasteiger partial charge in [0.15, 0.2) is 0 Å². The lowest BCUT2D eigenvalue weighted by Crippen LogP contribution is -2.10. The maximum atomic E-state index is 3.57. The molecule has 19 heavy (non-hydrogen) atoms. The Kier molecular flexibility index (Phi) is 4.31. The molecular formula is C17H20BrN. The molecule has 0 saturated carbocycles. The van der Waals surface area contributed by atoms with Gasteiger partial charge in [-0.1, -0.05) is 39.7 Å². The Morgan fingerprint density at radius 2 is 1.63 bits per heavy atom. The predicted octanol–water partition coefficient (Wildman–Crippen LogP) is 5.55. The van der Waals surface area contributed by atoms with Gasteiger partial charge in [-0.15, -0.1) is 0 Å². The Morgan fingerprint density at radius 3 is 2.21 bits per heavy atom. The maximum absolute atomic E-state index is 3.57. The van der Waals surface area contributed by atoms with Gasteiger partial charge >= 0.3 is 0 Å². The minimum atomic E-state index is 0.301. The summed E-state index contributed by atoms with van der Waals surface area (Å²) in [6.07, 6.45) is 0. The first kappa shape index (κ1) is 14.1. The fourth-order valence-electron chi connectivity index (χ4n) is 2.77. The zero-order chi connectivity index (χ0) is 14.0. The van der Waals surface area contributed by atoms with Gasteiger partial charge in [0.1, 0.15) is 0 Å². The van der Waals surface area contributed by atoms with Gasteiger partial charge in [0.25, 0.3) is 0 Å². The third-order valence-electron chi connectivity index (χ3n) is 3.38. The van der Waals surface area contributed by atoms with Gasteiger partial charge in [-0.25, -0.2) is 0 Å². The van der Waals surface area contributed by atoms with Crippen molar-refractivity contribution in [2.24, 2.45) is 0 Å². The second kappa shape index (κ2) is 5.79. The first-order valence-electron chi connectivity index (χ1n) is 6.57. The van der Waals surface area contributed by atoms with Crippen LogP contribution in [0.5, 0.6) is 0 Å². The van der Waals surface area contributed by atoms with E-state index in [1.54, 1.807) is 0 Å². The molecule has 1 N–H and O–H groups in total. The fraction of sp³-hybridized carbons (Fsp3) is 0.294. The van der Waals surface area contributed by atoms with E-state index < -0.39 is 0 Å². The van der Waals surface area contributed by atoms with Gasteiger partial charge in [-0.2, -0.15) is 0 Å². The molecule has 1 nitrogen and oxygen atoms in total. The quantitative estimate of drug-likeness (QED) is 0.782. The molecule has 1 atom stereocenters. The summed E-state index contributed by atoms with van der Waals surface area (Å²) in [6.45, 7) is 8.74. The van der Waals surface area contributed by atoms with E-state index in [1.165, 1.54) is 22.3 Å². The Morgan fingerprint density at radius 1 is 1.00 bits per heavy atom. The van der Waals surface area contributed by atoms with Gasteiger partial charge < -0.3 is 5.32 Å². The summed E-state index contributed by atoms with van der Waals surface area (Å²) in [5, 5.41) is 3.57. The van der Waals surface area contributed by atoms with Crippen LogP contribution < -0.4 is 5.32 Å². The number of rotatable bonds is 3. The second-order valence-corrected chi connectivity index (χ2v) is 6.10. The zero-order valence-corrected chi connectivity index (χ0v) is 13.5. The van der Waals surface area contributed by atoms with Crippen molar-refractivity contribution in [2.45, 2.75) is 33.7 Å². The van der Waals surface area contributed by atoms with Gasteiger partial charge in [0.05, 0.1) is 0 Å². The van der Waals surface area contributed by atoms with Crippen molar-refractivity contribution in [1.29, 1.82) is 0 Å². The largest absolute Gasteiger partial charge is 0.378 e. The van der Waals surface area contributed by atoms with Crippen LogP contribution in [0.2, 0.25) is 0 Å². The second-order valence-electron chi connectivity index (χ2n) is 5.19. The van der Waals surface area contributed by atoms with Crippen molar-refractivity contribution in [2.75, 3.05) is 5.32 Å². The van der Waals surface area contributed by atoms with Gasteiger partial charge in [0, 0.05) is 16.2 Å². The van der Waals surface area contributed by atoms with E-state index in [0.29, 0.717) is 6.04 Å². The first-order chi connectivity index (χ1) is 8.97. The first-order valence-corrected chi connectivity index (χ1v) is 7.36. The van der Waals surface area contributed by atoms with Crippen LogP contribution in [0.15, 0.2) is 40.9 Å². The molecule has 0 aliphatic carbocycles. The van der Waals surface area contributed by atoms with Crippen molar-refractivity contribution in [3.63, 3.8) is 0 Å². The van der Waals surface area contributed by atoms with E-state index in [-0.39, 0.29) is 0 Å². The van der Waals surface area contributed by atoms with Gasteiger partial charge in [-0.3, -0.25) is 0 Å². The van der Waals surface area contributed by atoms with Crippen LogP contribution >= 0.6 is 15.9 Å². The molecule has 0 heterocycles. The number of halogens is 1. The molecular weight excluding hydrogens is 298 g/mol. The highest BCUT2D eigenvalue weighted by atomic mass is 79.9. The lowest BCUT2D eigenvalue weighted by Gasteiger charge is -2.21. The molecule has 0 spiro atoms. The standard InChI is InChI=1S/C17H20BrN/c1-11-8-12(2)17(13(3)9-11)14(4)19-16-7-5-6-15(18)10-16/h5-10,14,19H,1-4H3. The molecule has 100 valence electrons. The van der Waals surface area contributed by atoms with Crippen LogP contribution in [0.1, 0.15) is 35.2 Å². The summed E-state index contributed by atoms with van der Waals surface area (Å²) >= 11 is 3.51. The Bertz CT molecular complexity index is 567. The van der Waals surface area contributed by atoms with E-state index in [2.05, 4.69) is 73.2 Å². The molecule has 2 aromatic carbocycles. The number of nitrogens with one attached hydrogen (secondary N) is 1. The maximum Gasteiger partial charge on any atom is 0.0490 e. The average Bonchev–Trinajstić information content (AvgIpc) is 2.27. The lowest BCUT2D eigenvalue weighted by molar-refractivity contribution is 0.862. The summed E-state index contributed by atoms with van der Waals surface area (Å²) in [5.74, 6) is 0. The Labute approximate surface area is 124 Å². The number of hydrogen-bond donors (Lipinski definition) is 1. The highest BCUT2D eigenvalue weighted by Gasteiger charge is 2.11. The van der Waals surface area contributed by atoms with Crippen LogP contribution in [-0.4, -0.2) is 0 Å². The molecule has 0 saturated heterocycles. The number of anilines is 1. The SMILES string of the molecule is Cc1cc(C)c(C(C)Nc2cccc(Br)c2)c(C)c1. The highest BCUT2D eigenvalue weighted by Crippen LogP contribution is 2.27. The van der Waals surface area contributed by atoms with E-state index in [0.717, 1.165) is 10.2 Å². The van der Waals surface area contributed by atoms with Crippen LogP contribution in [0.4, 0.5) is 5.69 Å². The summed E-state index contributed by atoms with van der Waals surface area (Å²) in [5.41, 5.74) is 6.57. The summed E-state index contributed by atoms with van der Waals surface area (Å²) in [6, 6.07) is 13.1. The minimum Gasteiger partial charge on any atom is -0.378 e. The molecule has 2 heteroatoms. The third kappa shape index (κ3) is 3.38. The van der Waals surface area contributed by atoms with Gasteiger partial charge in [-0.05, 0) is 62.6 Å². The van der Waals surface area contributed by atoms with E-state index in [9.17, 15) is 0 Å². The van der Waals surface area contributed by atoms with Crippen molar-refractivity contribution in [3.8, 4) is 0 Å². The molecule has 0 bridgehead atoms. The molecule has 2 rings (SSSR count). The average molecular weight is 318 g/mol. The molecule has 0 radical (unpaired) electrons. The summed E-state index contributed by atoms with van der Waals surface area (Å²) in [4.78, 5) is 0. The number of benzene rings is 2. The lowest BCUT2D eigenvalue weighted by atomic mass is 9.95. The van der Waals surface area contributed by atoms with Crippen LogP contribution in [0.3, 0.4) is 0 Å². The summed E-state index contributed by atoms with van der Waals surface area (Å²) in [7, 11) is 0. The number of aryl methyl sites for hydroxylation is 3. The molecule has 0 fully saturated rings. The minimum absolute atomic E-state index is 0.301. The number of hydrogen-bond acceptors (Lipinski definition) is 1. The molecule has 2 aromatic rings. The third-order valence-corrected chi connectivity index (χ3v) is 3.87. The monoisotopic (exact) mass is 317 g/mol. The van der Waals surface area contributed by atoms with Crippen molar-refractivity contribution in [3.05, 3.63) is 63.1 Å². The zero-order valence-electron chi connectivity index (χ0n) is 11.9. The van der Waals surface area contributed by atoms with E-state index in [1.807, 2.05) is 12.1 Å². The Balaban J connectivity index is 2.28. The van der Waals surface area contributed by atoms with Crippen molar-refractivity contribution >= 4 is 21.6 Å². The fourth-order valence-corrected chi connectivity index (χ4v) is 3.17. The molecule has 0 aliphatic rings. The van der Waals surface area contributed by atoms with E-state index in [4.69, 9.17) is 0 Å². The predicted molar refractivity (Wildman–Crippen MR) is 86.8 cm³/mol. The molecule has 0 aliphatic heterocycles. The van der Waals surface area contributed by atoms with Crippen LogP contribution in [0, 0.1) is 20.8 Å². The van der Waals surface area contributed by atoms with Crippen LogP contribution in [-0.2, 0) is 0 Å². The van der Waals surface area contributed by atoms with Gasteiger partial charge in [0.2, 0.25) is 0 Å². The van der Waals surface area contributed by atoms with Crippen molar-refractivity contribution in [1.82, 2.24) is 0 Å². The molecule has 0 amide bonds. The van der Waals surface area contributed by atoms with E-state index >= 15 is 0 Å². The smallest absolute Gasteiger partial charge is 0.0490 e. The van der Waals surface area contributed by atoms with Crippen molar-refractivity contribution < 1.29 is 0 Å². The summed E-state index contributed by atoms with van der Waals surface area (Å²) < 4.78 is 1.10.